The number of hydrogen-bond donors (Lipinski definition) is 2. The summed E-state index contributed by atoms with van der Waals surface area (Å²) in [4.78, 5) is 16.4. The first kappa shape index (κ1) is 20.8. The minimum Gasteiger partial charge on any atom is -0.490 e. The van der Waals surface area contributed by atoms with Crippen LogP contribution in [0.1, 0.15) is 22.3 Å². The summed E-state index contributed by atoms with van der Waals surface area (Å²) in [5.41, 5.74) is 3.41. The second-order valence-corrected chi connectivity index (χ2v) is 6.68. The number of aliphatic hydroxyl groups excluding tert-OH is 1. The second kappa shape index (κ2) is 10.0. The van der Waals surface area contributed by atoms with Crippen molar-refractivity contribution in [3.05, 3.63) is 83.3 Å². The van der Waals surface area contributed by atoms with Crippen LogP contribution in [0, 0.1) is 18.3 Å². The molecule has 0 radical (unpaired) electrons. The van der Waals surface area contributed by atoms with Crippen LogP contribution >= 0.6 is 0 Å². The van der Waals surface area contributed by atoms with Crippen LogP contribution in [-0.4, -0.2) is 33.8 Å². The van der Waals surface area contributed by atoms with Crippen molar-refractivity contribution >= 4 is 17.8 Å². The number of amides is 1. The Bertz CT molecular complexity index is 1100. The van der Waals surface area contributed by atoms with Gasteiger partial charge in [-0.15, -0.1) is 0 Å². The third-order valence-corrected chi connectivity index (χ3v) is 4.23. The fourth-order valence-corrected chi connectivity index (χ4v) is 2.88. The molecule has 7 nitrogen and oxygen atoms in total. The SMILES string of the molecule is Cc1cccc(Cn2cnc(NC(=O)/C=C/c3ccc(C#N)c(OCCO)c3)c2)c1. The van der Waals surface area contributed by atoms with Gasteiger partial charge in [-0.25, -0.2) is 4.98 Å². The van der Waals surface area contributed by atoms with Crippen LogP contribution in [0.15, 0.2) is 61.1 Å². The topological polar surface area (TPSA) is 100 Å². The number of aromatic nitrogens is 2. The molecular weight excluding hydrogens is 380 g/mol. The average Bonchev–Trinajstić information content (AvgIpc) is 3.17. The summed E-state index contributed by atoms with van der Waals surface area (Å²) in [6.07, 6.45) is 6.45. The van der Waals surface area contributed by atoms with Crippen LogP contribution < -0.4 is 10.1 Å². The zero-order chi connectivity index (χ0) is 21.3. The molecule has 1 amide bonds. The van der Waals surface area contributed by atoms with Crippen LogP contribution in [0.5, 0.6) is 5.75 Å². The number of carbonyl (C=O) groups excluding carboxylic acids is 1. The van der Waals surface area contributed by atoms with Gasteiger partial charge < -0.3 is 19.7 Å². The monoisotopic (exact) mass is 402 g/mol. The molecule has 0 aliphatic carbocycles. The van der Waals surface area contributed by atoms with Crippen LogP contribution in [0.4, 0.5) is 5.82 Å². The van der Waals surface area contributed by atoms with Crippen molar-refractivity contribution in [2.45, 2.75) is 13.5 Å². The maximum atomic E-state index is 12.2. The van der Waals surface area contributed by atoms with Crippen molar-refractivity contribution in [3.63, 3.8) is 0 Å². The molecule has 0 fully saturated rings. The number of rotatable bonds is 8. The Labute approximate surface area is 174 Å². The summed E-state index contributed by atoms with van der Waals surface area (Å²) in [6, 6.07) is 15.2. The van der Waals surface area contributed by atoms with Crippen molar-refractivity contribution in [3.8, 4) is 11.8 Å². The lowest BCUT2D eigenvalue weighted by atomic mass is 10.1. The molecule has 0 unspecified atom stereocenters. The summed E-state index contributed by atoms with van der Waals surface area (Å²) in [5, 5.41) is 20.7. The number of aryl methyl sites for hydroxylation is 1. The Hall–Kier alpha value is -3.89. The maximum absolute atomic E-state index is 12.2. The number of carbonyl (C=O) groups is 1. The van der Waals surface area contributed by atoms with E-state index in [1.54, 1.807) is 36.8 Å². The third kappa shape index (κ3) is 5.80. The summed E-state index contributed by atoms with van der Waals surface area (Å²) >= 11 is 0. The molecule has 152 valence electrons. The zero-order valence-electron chi connectivity index (χ0n) is 16.6. The molecule has 0 bridgehead atoms. The van der Waals surface area contributed by atoms with E-state index in [1.807, 2.05) is 35.8 Å². The van der Waals surface area contributed by atoms with Gasteiger partial charge in [-0.2, -0.15) is 5.26 Å². The fourth-order valence-electron chi connectivity index (χ4n) is 2.88. The van der Waals surface area contributed by atoms with E-state index in [9.17, 15) is 4.79 Å². The molecule has 0 aliphatic heterocycles. The number of anilines is 1. The van der Waals surface area contributed by atoms with E-state index in [2.05, 4.69) is 16.4 Å². The number of benzene rings is 2. The molecular formula is C23H22N4O3. The maximum Gasteiger partial charge on any atom is 0.249 e. The molecule has 0 aliphatic rings. The lowest BCUT2D eigenvalue weighted by Crippen LogP contribution is -2.08. The Balaban J connectivity index is 1.61. The van der Waals surface area contributed by atoms with Gasteiger partial charge in [0.1, 0.15) is 18.4 Å². The van der Waals surface area contributed by atoms with Crippen molar-refractivity contribution in [2.24, 2.45) is 0 Å². The van der Waals surface area contributed by atoms with E-state index < -0.39 is 0 Å². The molecule has 7 heteroatoms. The molecule has 3 rings (SSSR count). The van der Waals surface area contributed by atoms with Gasteiger partial charge in [0.25, 0.3) is 0 Å². The number of nitrogens with zero attached hydrogens (tertiary/aromatic N) is 3. The molecule has 3 aromatic rings. The highest BCUT2D eigenvalue weighted by molar-refractivity contribution is 6.01. The molecule has 0 spiro atoms. The minimum atomic E-state index is -0.321. The molecule has 30 heavy (non-hydrogen) atoms. The van der Waals surface area contributed by atoms with Crippen LogP contribution in [-0.2, 0) is 11.3 Å². The van der Waals surface area contributed by atoms with Gasteiger partial charge in [-0.05, 0) is 36.3 Å². The van der Waals surface area contributed by atoms with Gasteiger partial charge in [-0.1, -0.05) is 35.9 Å². The van der Waals surface area contributed by atoms with Gasteiger partial charge in [0.15, 0.2) is 5.82 Å². The minimum absolute atomic E-state index is 0.0908. The quantitative estimate of drug-likeness (QED) is 0.564. The van der Waals surface area contributed by atoms with Gasteiger partial charge in [0.05, 0.1) is 18.5 Å². The van der Waals surface area contributed by atoms with E-state index in [-0.39, 0.29) is 19.1 Å². The molecule has 1 aromatic heterocycles. The van der Waals surface area contributed by atoms with Crippen LogP contribution in [0.2, 0.25) is 0 Å². The Morgan fingerprint density at radius 2 is 2.20 bits per heavy atom. The summed E-state index contributed by atoms with van der Waals surface area (Å²) in [6.45, 7) is 2.66. The smallest absolute Gasteiger partial charge is 0.249 e. The van der Waals surface area contributed by atoms with Crippen molar-refractivity contribution in [1.82, 2.24) is 9.55 Å². The standard InChI is InChI=1S/C23H22N4O3/c1-17-3-2-4-19(11-17)14-27-15-22(25-16-27)26-23(29)8-6-18-5-7-20(13-24)21(12-18)30-10-9-28/h2-8,11-12,15-16,28H,9-10,14H2,1H3,(H,26,29)/b8-6+. The summed E-state index contributed by atoms with van der Waals surface area (Å²) < 4.78 is 7.26. The number of aliphatic hydroxyl groups is 1. The number of hydrogen-bond acceptors (Lipinski definition) is 5. The predicted molar refractivity (Wildman–Crippen MR) is 114 cm³/mol. The highest BCUT2D eigenvalue weighted by atomic mass is 16.5. The summed E-state index contributed by atoms with van der Waals surface area (Å²) in [7, 11) is 0. The molecule has 2 aromatic carbocycles. The van der Waals surface area contributed by atoms with Crippen molar-refractivity contribution < 1.29 is 14.6 Å². The van der Waals surface area contributed by atoms with Gasteiger partial charge in [-0.3, -0.25) is 4.79 Å². The predicted octanol–water partition coefficient (Wildman–Crippen LogP) is 3.13. The first-order valence-electron chi connectivity index (χ1n) is 9.41. The number of ether oxygens (including phenoxy) is 1. The Morgan fingerprint density at radius 1 is 1.33 bits per heavy atom. The van der Waals surface area contributed by atoms with E-state index in [0.29, 0.717) is 29.2 Å². The largest absolute Gasteiger partial charge is 0.490 e. The van der Waals surface area contributed by atoms with E-state index in [0.717, 1.165) is 5.56 Å². The van der Waals surface area contributed by atoms with E-state index in [1.165, 1.54) is 11.6 Å². The normalized spacial score (nSPS) is 10.7. The molecule has 0 saturated carbocycles. The average molecular weight is 402 g/mol. The first-order chi connectivity index (χ1) is 14.6. The van der Waals surface area contributed by atoms with Crippen LogP contribution in [0.25, 0.3) is 6.08 Å². The first-order valence-corrected chi connectivity index (χ1v) is 9.41. The third-order valence-electron chi connectivity index (χ3n) is 4.23. The van der Waals surface area contributed by atoms with Gasteiger partial charge in [0.2, 0.25) is 5.91 Å². The molecule has 2 N–H and O–H groups in total. The second-order valence-electron chi connectivity index (χ2n) is 6.68. The van der Waals surface area contributed by atoms with Crippen molar-refractivity contribution in [1.29, 1.82) is 5.26 Å². The van der Waals surface area contributed by atoms with Gasteiger partial charge in [0, 0.05) is 18.8 Å². The lowest BCUT2D eigenvalue weighted by Gasteiger charge is -2.07. The Morgan fingerprint density at radius 3 is 2.97 bits per heavy atom. The van der Waals surface area contributed by atoms with Crippen LogP contribution in [0.3, 0.4) is 0 Å². The lowest BCUT2D eigenvalue weighted by molar-refractivity contribution is -0.111. The number of nitriles is 1. The molecule has 1 heterocycles. The van der Waals surface area contributed by atoms with E-state index >= 15 is 0 Å². The zero-order valence-corrected chi connectivity index (χ0v) is 16.6. The highest BCUT2D eigenvalue weighted by Gasteiger charge is 2.06. The van der Waals surface area contributed by atoms with E-state index in [4.69, 9.17) is 15.1 Å². The number of nitrogens with one attached hydrogen (secondary N) is 1. The Kier molecular flexibility index (Phi) is 6.98. The highest BCUT2D eigenvalue weighted by Crippen LogP contribution is 2.20. The summed E-state index contributed by atoms with van der Waals surface area (Å²) in [5.74, 6) is 0.506. The van der Waals surface area contributed by atoms with Crippen molar-refractivity contribution in [2.75, 3.05) is 18.5 Å². The number of imidazole rings is 1. The van der Waals surface area contributed by atoms with Gasteiger partial charge >= 0.3 is 0 Å². The fraction of sp³-hybridized carbons (Fsp3) is 0.174. The molecule has 0 atom stereocenters. The molecule has 0 saturated heterocycles.